The summed E-state index contributed by atoms with van der Waals surface area (Å²) in [5, 5.41) is 1.16. The molecule has 1 N–H and O–H groups in total. The number of benzene rings is 1. The van der Waals surface area contributed by atoms with E-state index in [1.165, 1.54) is 11.1 Å². The first-order valence-corrected chi connectivity index (χ1v) is 6.52. The first kappa shape index (κ1) is 12.5. The van der Waals surface area contributed by atoms with Crippen molar-refractivity contribution in [3.8, 4) is 5.75 Å². The Kier molecular flexibility index (Phi) is 3.25. The van der Waals surface area contributed by atoms with Gasteiger partial charge in [0.2, 0.25) is 0 Å². The summed E-state index contributed by atoms with van der Waals surface area (Å²) in [6, 6.07) is 10.1. The summed E-state index contributed by atoms with van der Waals surface area (Å²) in [5.74, 6) is 0.869. The summed E-state index contributed by atoms with van der Waals surface area (Å²) in [6.07, 6.45) is 7.82. The molecule has 3 nitrogen and oxygen atoms in total. The third-order valence-corrected chi connectivity index (χ3v) is 3.43. The van der Waals surface area contributed by atoms with E-state index >= 15 is 0 Å². The van der Waals surface area contributed by atoms with Crippen molar-refractivity contribution in [2.75, 3.05) is 7.11 Å². The second-order valence-electron chi connectivity index (χ2n) is 4.72. The van der Waals surface area contributed by atoms with Crippen LogP contribution in [0.1, 0.15) is 18.1 Å². The molecule has 0 unspecified atom stereocenters. The van der Waals surface area contributed by atoms with Crippen LogP contribution in [0.3, 0.4) is 0 Å². The van der Waals surface area contributed by atoms with Crippen molar-refractivity contribution in [3.63, 3.8) is 0 Å². The number of ether oxygens (including phenoxy) is 1. The third-order valence-electron chi connectivity index (χ3n) is 3.43. The number of aromatic amines is 1. The number of methoxy groups -OCH3 is 1. The maximum atomic E-state index is 5.29. The van der Waals surface area contributed by atoms with Crippen molar-refractivity contribution in [3.05, 3.63) is 60.0 Å². The van der Waals surface area contributed by atoms with Crippen molar-refractivity contribution < 1.29 is 4.74 Å². The Morgan fingerprint density at radius 2 is 2.00 bits per heavy atom. The molecule has 20 heavy (non-hydrogen) atoms. The van der Waals surface area contributed by atoms with Crippen LogP contribution in [0.4, 0.5) is 0 Å². The van der Waals surface area contributed by atoms with Crippen LogP contribution in [-0.4, -0.2) is 17.1 Å². The molecule has 0 amide bonds. The molecule has 0 atom stereocenters. The molecular formula is C17H16N2O. The summed E-state index contributed by atoms with van der Waals surface area (Å²) in [7, 11) is 1.69. The third kappa shape index (κ3) is 2.30. The van der Waals surface area contributed by atoms with Gasteiger partial charge in [0.05, 0.1) is 7.11 Å². The van der Waals surface area contributed by atoms with Crippen LogP contribution in [0.5, 0.6) is 5.75 Å². The predicted molar refractivity (Wildman–Crippen MR) is 82.6 cm³/mol. The molecule has 3 aromatic rings. The van der Waals surface area contributed by atoms with Crippen LogP contribution >= 0.6 is 0 Å². The van der Waals surface area contributed by atoms with Crippen LogP contribution in [0.15, 0.2) is 48.9 Å². The van der Waals surface area contributed by atoms with Gasteiger partial charge in [0.25, 0.3) is 0 Å². The number of nitrogens with zero attached hydrogens (tertiary/aromatic N) is 1. The summed E-state index contributed by atoms with van der Waals surface area (Å²) in [5.41, 5.74) is 4.65. The van der Waals surface area contributed by atoms with Gasteiger partial charge < -0.3 is 9.72 Å². The SMILES string of the molecule is COc1ccc2[nH]cc(/C=C(/C)c3ccncc3)c2c1. The van der Waals surface area contributed by atoms with Crippen molar-refractivity contribution in [2.45, 2.75) is 6.92 Å². The molecule has 3 heteroatoms. The Hall–Kier alpha value is -2.55. The number of allylic oxidation sites excluding steroid dienone is 1. The van der Waals surface area contributed by atoms with Crippen molar-refractivity contribution in [1.29, 1.82) is 0 Å². The minimum absolute atomic E-state index is 0.869. The zero-order valence-electron chi connectivity index (χ0n) is 11.6. The number of hydrogen-bond donors (Lipinski definition) is 1. The summed E-state index contributed by atoms with van der Waals surface area (Å²) >= 11 is 0. The molecule has 3 rings (SSSR count). The van der Waals surface area contributed by atoms with Gasteiger partial charge in [-0.3, -0.25) is 4.98 Å². The second-order valence-corrected chi connectivity index (χ2v) is 4.72. The van der Waals surface area contributed by atoms with Gasteiger partial charge >= 0.3 is 0 Å². The van der Waals surface area contributed by atoms with Crippen LogP contribution in [0.2, 0.25) is 0 Å². The van der Waals surface area contributed by atoms with Gasteiger partial charge in [-0.1, -0.05) is 0 Å². The predicted octanol–water partition coefficient (Wildman–Crippen LogP) is 4.13. The van der Waals surface area contributed by atoms with E-state index in [0.29, 0.717) is 0 Å². The molecule has 0 aliphatic rings. The average Bonchev–Trinajstić information content (AvgIpc) is 2.90. The van der Waals surface area contributed by atoms with E-state index in [0.717, 1.165) is 22.2 Å². The van der Waals surface area contributed by atoms with E-state index in [-0.39, 0.29) is 0 Å². The lowest BCUT2D eigenvalue weighted by Crippen LogP contribution is -1.82. The molecule has 0 radical (unpaired) electrons. The van der Waals surface area contributed by atoms with Gasteiger partial charge in [-0.2, -0.15) is 0 Å². The van der Waals surface area contributed by atoms with Crippen LogP contribution in [-0.2, 0) is 0 Å². The zero-order chi connectivity index (χ0) is 13.9. The van der Waals surface area contributed by atoms with Crippen molar-refractivity contribution in [2.24, 2.45) is 0 Å². The van der Waals surface area contributed by atoms with Crippen molar-refractivity contribution >= 4 is 22.6 Å². The lowest BCUT2D eigenvalue weighted by atomic mass is 10.1. The number of hydrogen-bond acceptors (Lipinski definition) is 2. The molecule has 100 valence electrons. The molecule has 1 aromatic carbocycles. The topological polar surface area (TPSA) is 37.9 Å². The summed E-state index contributed by atoms with van der Waals surface area (Å²) in [4.78, 5) is 7.33. The number of pyridine rings is 1. The van der Waals surface area contributed by atoms with Crippen LogP contribution in [0.25, 0.3) is 22.6 Å². The van der Waals surface area contributed by atoms with Gasteiger partial charge in [0.1, 0.15) is 5.75 Å². The molecule has 2 heterocycles. The van der Waals surface area contributed by atoms with E-state index in [9.17, 15) is 0 Å². The van der Waals surface area contributed by atoms with E-state index in [1.54, 1.807) is 7.11 Å². The molecule has 0 bridgehead atoms. The largest absolute Gasteiger partial charge is 0.497 e. The van der Waals surface area contributed by atoms with Crippen LogP contribution < -0.4 is 4.74 Å². The standard InChI is InChI=1S/C17H16N2O/c1-12(13-5-7-18-8-6-13)9-14-11-19-17-4-3-15(20-2)10-16(14)17/h3-11,19H,1-2H3/b12-9-. The van der Waals surface area contributed by atoms with E-state index < -0.39 is 0 Å². The summed E-state index contributed by atoms with van der Waals surface area (Å²) < 4.78 is 5.29. The Labute approximate surface area is 117 Å². The highest BCUT2D eigenvalue weighted by Crippen LogP contribution is 2.26. The maximum absolute atomic E-state index is 5.29. The molecular weight excluding hydrogens is 248 g/mol. The minimum atomic E-state index is 0.869. The smallest absolute Gasteiger partial charge is 0.119 e. The Morgan fingerprint density at radius 1 is 1.20 bits per heavy atom. The van der Waals surface area contributed by atoms with E-state index in [4.69, 9.17) is 4.74 Å². The number of aromatic nitrogens is 2. The van der Waals surface area contributed by atoms with E-state index in [2.05, 4.69) is 29.0 Å². The normalized spacial score (nSPS) is 11.8. The highest BCUT2D eigenvalue weighted by Gasteiger charge is 2.04. The minimum Gasteiger partial charge on any atom is -0.497 e. The molecule has 0 aliphatic carbocycles. The molecule has 0 saturated carbocycles. The highest BCUT2D eigenvalue weighted by molar-refractivity contribution is 5.94. The maximum Gasteiger partial charge on any atom is 0.119 e. The van der Waals surface area contributed by atoms with Crippen LogP contribution in [0, 0.1) is 0 Å². The first-order chi connectivity index (χ1) is 9.78. The fourth-order valence-electron chi connectivity index (χ4n) is 2.30. The Bertz CT molecular complexity index is 757. The van der Waals surface area contributed by atoms with Gasteiger partial charge in [0, 0.05) is 35.1 Å². The quantitative estimate of drug-likeness (QED) is 0.772. The number of H-pyrrole nitrogens is 1. The summed E-state index contributed by atoms with van der Waals surface area (Å²) in [6.45, 7) is 2.11. The van der Waals surface area contributed by atoms with Gasteiger partial charge in [0.15, 0.2) is 0 Å². The molecule has 0 aliphatic heterocycles. The van der Waals surface area contributed by atoms with Crippen molar-refractivity contribution in [1.82, 2.24) is 9.97 Å². The fraction of sp³-hybridized carbons (Fsp3) is 0.118. The molecule has 0 saturated heterocycles. The fourth-order valence-corrected chi connectivity index (χ4v) is 2.30. The number of fused-ring (bicyclic) bond motifs is 1. The number of nitrogens with one attached hydrogen (secondary N) is 1. The zero-order valence-corrected chi connectivity index (χ0v) is 11.6. The molecule has 0 spiro atoms. The van der Waals surface area contributed by atoms with Gasteiger partial charge in [-0.25, -0.2) is 0 Å². The molecule has 2 aromatic heterocycles. The Morgan fingerprint density at radius 3 is 2.75 bits per heavy atom. The second kappa shape index (κ2) is 5.21. The van der Waals surface area contributed by atoms with Gasteiger partial charge in [-0.15, -0.1) is 0 Å². The lowest BCUT2D eigenvalue weighted by Gasteiger charge is -2.02. The Balaban J connectivity index is 2.06. The first-order valence-electron chi connectivity index (χ1n) is 6.52. The molecule has 0 fully saturated rings. The van der Waals surface area contributed by atoms with E-state index in [1.807, 2.05) is 42.9 Å². The average molecular weight is 264 g/mol. The lowest BCUT2D eigenvalue weighted by molar-refractivity contribution is 0.415. The monoisotopic (exact) mass is 264 g/mol. The highest BCUT2D eigenvalue weighted by atomic mass is 16.5. The number of rotatable bonds is 3. The van der Waals surface area contributed by atoms with Gasteiger partial charge in [-0.05, 0) is 54.5 Å².